The van der Waals surface area contributed by atoms with E-state index < -0.39 is 0 Å². The Morgan fingerprint density at radius 2 is 1.71 bits per heavy atom. The summed E-state index contributed by atoms with van der Waals surface area (Å²) in [6.07, 6.45) is 3.51. The maximum absolute atomic E-state index is 12.6. The maximum atomic E-state index is 12.6. The van der Waals surface area contributed by atoms with Crippen LogP contribution in [0.5, 0.6) is 0 Å². The lowest BCUT2D eigenvalue weighted by Crippen LogP contribution is -2.53. The van der Waals surface area contributed by atoms with Crippen LogP contribution in [0.4, 0.5) is 4.79 Å². The number of cyclic esters (lactones) is 1. The number of piperidine rings is 1. The first-order chi connectivity index (χ1) is 16.5. The standard InChI is InChI=1S/C26H40N4O4/c1-21-25(29-18-16-27(17-19-29)14-11-24(31)33-2)34-26(32)30(21)15-10-22-8-12-28(13-9-22)20-23-6-4-3-5-7-23/h3-7,21-22,25H,8-20H2,1-2H3. The van der Waals surface area contributed by atoms with Gasteiger partial charge in [-0.05, 0) is 50.8 Å². The smallest absolute Gasteiger partial charge is 0.411 e. The molecule has 3 aliphatic rings. The van der Waals surface area contributed by atoms with Gasteiger partial charge < -0.3 is 19.3 Å². The van der Waals surface area contributed by atoms with E-state index in [2.05, 4.69) is 52.0 Å². The van der Waals surface area contributed by atoms with Gasteiger partial charge in [0.2, 0.25) is 0 Å². The molecule has 4 rings (SSSR count). The number of nitrogens with zero attached hydrogens (tertiary/aromatic N) is 4. The first-order valence-corrected chi connectivity index (χ1v) is 12.8. The molecule has 2 unspecified atom stereocenters. The zero-order valence-corrected chi connectivity index (χ0v) is 20.7. The van der Waals surface area contributed by atoms with Crippen LogP contribution in [0.15, 0.2) is 30.3 Å². The molecule has 188 valence electrons. The van der Waals surface area contributed by atoms with E-state index in [1.54, 1.807) is 0 Å². The van der Waals surface area contributed by atoms with Crippen molar-refractivity contribution in [2.45, 2.75) is 51.4 Å². The summed E-state index contributed by atoms with van der Waals surface area (Å²) in [6, 6.07) is 10.7. The van der Waals surface area contributed by atoms with E-state index in [1.807, 2.05) is 4.90 Å². The van der Waals surface area contributed by atoms with Crippen LogP contribution < -0.4 is 0 Å². The summed E-state index contributed by atoms with van der Waals surface area (Å²) < 4.78 is 10.5. The summed E-state index contributed by atoms with van der Waals surface area (Å²) in [5.41, 5.74) is 1.38. The highest BCUT2D eigenvalue weighted by Gasteiger charge is 2.42. The Kier molecular flexibility index (Phi) is 8.80. The highest BCUT2D eigenvalue weighted by molar-refractivity contribution is 5.70. The Bertz CT molecular complexity index is 791. The summed E-state index contributed by atoms with van der Waals surface area (Å²) in [7, 11) is 1.43. The Hall–Kier alpha value is -2.16. The minimum atomic E-state index is -0.178. The minimum Gasteiger partial charge on any atom is -0.469 e. The average Bonchev–Trinajstić information content (AvgIpc) is 3.16. The summed E-state index contributed by atoms with van der Waals surface area (Å²) in [4.78, 5) is 33.1. The molecule has 3 fully saturated rings. The molecule has 8 heteroatoms. The largest absolute Gasteiger partial charge is 0.469 e. The van der Waals surface area contributed by atoms with Crippen LogP contribution >= 0.6 is 0 Å². The molecular weight excluding hydrogens is 432 g/mol. The van der Waals surface area contributed by atoms with Crippen molar-refractivity contribution in [1.29, 1.82) is 0 Å². The van der Waals surface area contributed by atoms with Crippen LogP contribution in [0.2, 0.25) is 0 Å². The number of piperazine rings is 1. The second-order valence-electron chi connectivity index (χ2n) is 9.91. The van der Waals surface area contributed by atoms with Crippen LogP contribution in [0.1, 0.15) is 38.2 Å². The van der Waals surface area contributed by atoms with Gasteiger partial charge in [-0.2, -0.15) is 0 Å². The van der Waals surface area contributed by atoms with Crippen LogP contribution in [-0.4, -0.2) is 103 Å². The molecule has 8 nitrogen and oxygen atoms in total. The van der Waals surface area contributed by atoms with Gasteiger partial charge in [0.15, 0.2) is 6.23 Å². The number of benzene rings is 1. The maximum Gasteiger partial charge on any atom is 0.411 e. The molecule has 34 heavy (non-hydrogen) atoms. The molecule has 0 N–H and O–H groups in total. The molecule has 1 amide bonds. The van der Waals surface area contributed by atoms with E-state index in [1.165, 1.54) is 25.5 Å². The van der Waals surface area contributed by atoms with E-state index in [0.717, 1.165) is 65.3 Å². The van der Waals surface area contributed by atoms with Gasteiger partial charge >= 0.3 is 12.1 Å². The van der Waals surface area contributed by atoms with E-state index in [4.69, 9.17) is 9.47 Å². The molecule has 3 saturated heterocycles. The quantitative estimate of drug-likeness (QED) is 0.512. The third-order valence-corrected chi connectivity index (χ3v) is 7.72. The third kappa shape index (κ3) is 6.49. The number of ether oxygens (including phenoxy) is 2. The number of carbonyl (C=O) groups excluding carboxylic acids is 2. The number of amides is 1. The van der Waals surface area contributed by atoms with Gasteiger partial charge in [-0.15, -0.1) is 0 Å². The molecule has 1 aromatic carbocycles. The third-order valence-electron chi connectivity index (χ3n) is 7.72. The van der Waals surface area contributed by atoms with E-state index in [0.29, 0.717) is 12.3 Å². The van der Waals surface area contributed by atoms with Crippen molar-refractivity contribution in [2.24, 2.45) is 5.92 Å². The molecule has 0 saturated carbocycles. The van der Waals surface area contributed by atoms with Crippen molar-refractivity contribution in [3.63, 3.8) is 0 Å². The van der Waals surface area contributed by atoms with Gasteiger partial charge in [0, 0.05) is 45.8 Å². The lowest BCUT2D eigenvalue weighted by atomic mass is 9.93. The monoisotopic (exact) mass is 472 g/mol. The number of methoxy groups -OCH3 is 1. The first kappa shape index (κ1) is 24.9. The van der Waals surface area contributed by atoms with Gasteiger partial charge in [-0.3, -0.25) is 14.6 Å². The zero-order valence-electron chi connectivity index (χ0n) is 20.7. The molecule has 0 spiro atoms. The highest BCUT2D eigenvalue weighted by Crippen LogP contribution is 2.27. The second kappa shape index (κ2) is 12.0. The molecule has 0 radical (unpaired) electrons. The summed E-state index contributed by atoms with van der Waals surface area (Å²) in [5.74, 6) is 0.503. The van der Waals surface area contributed by atoms with E-state index >= 15 is 0 Å². The van der Waals surface area contributed by atoms with Gasteiger partial charge in [0.1, 0.15) is 0 Å². The predicted molar refractivity (Wildman–Crippen MR) is 130 cm³/mol. The second-order valence-corrected chi connectivity index (χ2v) is 9.91. The van der Waals surface area contributed by atoms with Crippen LogP contribution in [0.3, 0.4) is 0 Å². The molecule has 0 aliphatic carbocycles. The first-order valence-electron chi connectivity index (χ1n) is 12.8. The topological polar surface area (TPSA) is 65.6 Å². The average molecular weight is 473 g/mol. The van der Waals surface area contributed by atoms with Crippen LogP contribution in [0.25, 0.3) is 0 Å². The van der Waals surface area contributed by atoms with Crippen LogP contribution in [0, 0.1) is 5.92 Å². The van der Waals surface area contributed by atoms with Gasteiger partial charge in [-0.1, -0.05) is 30.3 Å². The number of hydrogen-bond donors (Lipinski definition) is 0. The van der Waals surface area contributed by atoms with Crippen molar-refractivity contribution >= 4 is 12.1 Å². The lowest BCUT2D eigenvalue weighted by molar-refractivity contribution is -0.141. The molecule has 0 aromatic heterocycles. The number of likely N-dealkylation sites (tertiary alicyclic amines) is 1. The summed E-state index contributed by atoms with van der Waals surface area (Å²) in [6.45, 7) is 10.3. The lowest BCUT2D eigenvalue weighted by Gasteiger charge is -2.38. The molecule has 3 aliphatic heterocycles. The summed E-state index contributed by atoms with van der Waals surface area (Å²) >= 11 is 0. The fourth-order valence-corrected chi connectivity index (χ4v) is 5.45. The Morgan fingerprint density at radius 3 is 2.38 bits per heavy atom. The molecule has 3 heterocycles. The predicted octanol–water partition coefficient (Wildman–Crippen LogP) is 2.64. The van der Waals surface area contributed by atoms with Crippen molar-refractivity contribution in [3.8, 4) is 0 Å². The molecule has 0 bridgehead atoms. The highest BCUT2D eigenvalue weighted by atomic mass is 16.6. The van der Waals surface area contributed by atoms with Crippen molar-refractivity contribution in [1.82, 2.24) is 19.6 Å². The normalized spacial score (nSPS) is 25.5. The number of hydrogen-bond acceptors (Lipinski definition) is 7. The van der Waals surface area contributed by atoms with Crippen LogP contribution in [-0.2, 0) is 20.8 Å². The SMILES string of the molecule is COC(=O)CCN1CCN(C2OC(=O)N(CCC3CCN(Cc4ccccc4)CC3)C2C)CC1. The van der Waals surface area contributed by atoms with Crippen molar-refractivity contribution in [3.05, 3.63) is 35.9 Å². The fraction of sp³-hybridized carbons (Fsp3) is 0.692. The van der Waals surface area contributed by atoms with E-state index in [-0.39, 0.29) is 24.3 Å². The number of esters is 1. The molecular formula is C26H40N4O4. The molecule has 2 atom stereocenters. The number of carbonyl (C=O) groups is 2. The Balaban J connectivity index is 1.17. The Morgan fingerprint density at radius 1 is 1.00 bits per heavy atom. The number of rotatable bonds is 9. The zero-order chi connectivity index (χ0) is 23.9. The molecule has 1 aromatic rings. The van der Waals surface area contributed by atoms with Crippen molar-refractivity contribution in [2.75, 3.05) is 59.5 Å². The minimum absolute atomic E-state index is 0.0623. The van der Waals surface area contributed by atoms with Crippen molar-refractivity contribution < 1.29 is 19.1 Å². The van der Waals surface area contributed by atoms with Gasteiger partial charge in [-0.25, -0.2) is 4.79 Å². The Labute approximate surface area is 203 Å². The van der Waals surface area contributed by atoms with E-state index in [9.17, 15) is 9.59 Å². The fourth-order valence-electron chi connectivity index (χ4n) is 5.45. The van der Waals surface area contributed by atoms with Gasteiger partial charge in [0.05, 0.1) is 19.6 Å². The summed E-state index contributed by atoms with van der Waals surface area (Å²) in [5, 5.41) is 0. The van der Waals surface area contributed by atoms with Gasteiger partial charge in [0.25, 0.3) is 0 Å².